The fourth-order valence-electron chi connectivity index (χ4n) is 2.25. The molecule has 7 heteroatoms. The number of amides is 2. The van der Waals surface area contributed by atoms with Crippen LogP contribution >= 0.6 is 22.7 Å². The fraction of sp³-hybridized carbons (Fsp3) is 0.267. The SMILES string of the molecule is Cc1cnc(NC(=O)C(=O)N2CC=C(c3cccs3)CC2)s1. The van der Waals surface area contributed by atoms with E-state index in [2.05, 4.69) is 16.4 Å². The van der Waals surface area contributed by atoms with E-state index < -0.39 is 11.8 Å². The van der Waals surface area contributed by atoms with Gasteiger partial charge in [0.05, 0.1) is 0 Å². The highest BCUT2D eigenvalue weighted by Crippen LogP contribution is 2.26. The van der Waals surface area contributed by atoms with Crippen LogP contribution in [0.1, 0.15) is 16.2 Å². The molecule has 0 saturated heterocycles. The van der Waals surface area contributed by atoms with Gasteiger partial charge in [-0.1, -0.05) is 12.1 Å². The van der Waals surface area contributed by atoms with E-state index in [1.165, 1.54) is 21.8 Å². The molecular formula is C15H15N3O2S2. The highest BCUT2D eigenvalue weighted by molar-refractivity contribution is 7.15. The van der Waals surface area contributed by atoms with Crippen molar-refractivity contribution in [2.75, 3.05) is 18.4 Å². The van der Waals surface area contributed by atoms with Gasteiger partial charge in [0.2, 0.25) is 0 Å². The predicted octanol–water partition coefficient (Wildman–Crippen LogP) is 2.77. The number of nitrogens with zero attached hydrogens (tertiary/aromatic N) is 2. The Labute approximate surface area is 136 Å². The first kappa shape index (κ1) is 14.9. The first-order chi connectivity index (χ1) is 10.6. The number of hydrogen-bond donors (Lipinski definition) is 1. The molecule has 0 aromatic carbocycles. The summed E-state index contributed by atoms with van der Waals surface area (Å²) in [6.45, 7) is 2.93. The molecular weight excluding hydrogens is 318 g/mol. The van der Waals surface area contributed by atoms with Crippen molar-refractivity contribution in [1.82, 2.24) is 9.88 Å². The van der Waals surface area contributed by atoms with Crippen LogP contribution in [0.2, 0.25) is 0 Å². The number of thiophene rings is 1. The minimum atomic E-state index is -0.623. The normalized spacial score (nSPS) is 14.6. The highest BCUT2D eigenvalue weighted by atomic mass is 32.1. The van der Waals surface area contributed by atoms with Crippen LogP contribution in [0.4, 0.5) is 5.13 Å². The molecule has 0 bridgehead atoms. The maximum atomic E-state index is 12.2. The van der Waals surface area contributed by atoms with Gasteiger partial charge in [0, 0.05) is 29.0 Å². The molecule has 0 fully saturated rings. The molecule has 2 amide bonds. The number of aryl methyl sites for hydroxylation is 1. The summed E-state index contributed by atoms with van der Waals surface area (Å²) in [5, 5.41) is 5.06. The molecule has 114 valence electrons. The molecule has 0 atom stereocenters. The maximum absolute atomic E-state index is 12.2. The smallest absolute Gasteiger partial charge is 0.315 e. The van der Waals surface area contributed by atoms with Gasteiger partial charge in [-0.3, -0.25) is 14.9 Å². The maximum Gasteiger partial charge on any atom is 0.315 e. The summed E-state index contributed by atoms with van der Waals surface area (Å²) < 4.78 is 0. The second kappa shape index (κ2) is 6.41. The van der Waals surface area contributed by atoms with Crippen LogP contribution in [-0.4, -0.2) is 34.8 Å². The fourth-order valence-corrected chi connectivity index (χ4v) is 3.70. The lowest BCUT2D eigenvalue weighted by molar-refractivity contribution is -0.142. The van der Waals surface area contributed by atoms with E-state index in [0.29, 0.717) is 18.2 Å². The quantitative estimate of drug-likeness (QED) is 0.860. The third-order valence-electron chi connectivity index (χ3n) is 3.37. The van der Waals surface area contributed by atoms with Gasteiger partial charge in [0.1, 0.15) is 0 Å². The summed E-state index contributed by atoms with van der Waals surface area (Å²) >= 11 is 3.05. The molecule has 3 rings (SSSR count). The average molecular weight is 333 g/mol. The van der Waals surface area contributed by atoms with Gasteiger partial charge in [0.15, 0.2) is 5.13 Å². The zero-order valence-electron chi connectivity index (χ0n) is 12.0. The molecule has 2 aromatic rings. The van der Waals surface area contributed by atoms with Crippen molar-refractivity contribution >= 4 is 45.2 Å². The molecule has 0 unspecified atom stereocenters. The average Bonchev–Trinajstić information content (AvgIpc) is 3.18. The lowest BCUT2D eigenvalue weighted by Gasteiger charge is -2.25. The second-order valence-electron chi connectivity index (χ2n) is 4.94. The third kappa shape index (κ3) is 3.26. The molecule has 0 spiro atoms. The highest BCUT2D eigenvalue weighted by Gasteiger charge is 2.24. The number of aromatic nitrogens is 1. The van der Waals surface area contributed by atoms with Gasteiger partial charge in [-0.15, -0.1) is 22.7 Å². The Bertz CT molecular complexity index is 719. The van der Waals surface area contributed by atoms with Crippen molar-refractivity contribution in [2.24, 2.45) is 0 Å². The molecule has 1 N–H and O–H groups in total. The predicted molar refractivity (Wildman–Crippen MR) is 89.0 cm³/mol. The Morgan fingerprint density at radius 1 is 1.41 bits per heavy atom. The van der Waals surface area contributed by atoms with Gasteiger partial charge in [-0.05, 0) is 30.4 Å². The van der Waals surface area contributed by atoms with Crippen molar-refractivity contribution in [2.45, 2.75) is 13.3 Å². The van der Waals surface area contributed by atoms with E-state index in [0.717, 1.165) is 11.3 Å². The van der Waals surface area contributed by atoms with Crippen LogP contribution in [0, 0.1) is 6.92 Å². The number of rotatable bonds is 2. The van der Waals surface area contributed by atoms with Gasteiger partial charge >= 0.3 is 11.8 Å². The lowest BCUT2D eigenvalue weighted by atomic mass is 10.1. The zero-order valence-corrected chi connectivity index (χ0v) is 13.7. The van der Waals surface area contributed by atoms with Gasteiger partial charge in [0.25, 0.3) is 0 Å². The first-order valence-corrected chi connectivity index (χ1v) is 8.58. The second-order valence-corrected chi connectivity index (χ2v) is 7.12. The van der Waals surface area contributed by atoms with Crippen molar-refractivity contribution in [1.29, 1.82) is 0 Å². The Kier molecular flexibility index (Phi) is 4.35. The zero-order chi connectivity index (χ0) is 15.5. The Morgan fingerprint density at radius 3 is 2.86 bits per heavy atom. The van der Waals surface area contributed by atoms with E-state index >= 15 is 0 Å². The van der Waals surface area contributed by atoms with E-state index in [9.17, 15) is 9.59 Å². The molecule has 0 radical (unpaired) electrons. The third-order valence-corrected chi connectivity index (χ3v) is 5.14. The van der Waals surface area contributed by atoms with Crippen LogP contribution in [0.25, 0.3) is 5.57 Å². The van der Waals surface area contributed by atoms with Crippen molar-refractivity contribution < 1.29 is 9.59 Å². The van der Waals surface area contributed by atoms with Crippen LogP contribution in [0.15, 0.2) is 29.8 Å². The number of anilines is 1. The van der Waals surface area contributed by atoms with Gasteiger partial charge in [-0.25, -0.2) is 4.98 Å². The summed E-state index contributed by atoms with van der Waals surface area (Å²) in [6.07, 6.45) is 4.46. The van der Waals surface area contributed by atoms with Crippen molar-refractivity contribution in [3.8, 4) is 0 Å². The largest absolute Gasteiger partial charge is 0.330 e. The summed E-state index contributed by atoms with van der Waals surface area (Å²) in [5.41, 5.74) is 1.25. The van der Waals surface area contributed by atoms with E-state index in [-0.39, 0.29) is 0 Å². The first-order valence-electron chi connectivity index (χ1n) is 6.89. The number of nitrogens with one attached hydrogen (secondary N) is 1. The number of carbonyl (C=O) groups is 2. The molecule has 1 aliphatic rings. The van der Waals surface area contributed by atoms with Gasteiger partial charge < -0.3 is 4.90 Å². The van der Waals surface area contributed by atoms with Crippen LogP contribution in [-0.2, 0) is 9.59 Å². The number of thiazole rings is 1. The Balaban J connectivity index is 1.60. The van der Waals surface area contributed by atoms with E-state index in [1.54, 1.807) is 22.4 Å². The molecule has 0 aliphatic carbocycles. The molecule has 22 heavy (non-hydrogen) atoms. The Morgan fingerprint density at radius 2 is 2.27 bits per heavy atom. The molecule has 2 aromatic heterocycles. The lowest BCUT2D eigenvalue weighted by Crippen LogP contribution is -2.41. The molecule has 5 nitrogen and oxygen atoms in total. The number of hydrogen-bond acceptors (Lipinski definition) is 5. The monoisotopic (exact) mass is 333 g/mol. The Hall–Kier alpha value is -1.99. The minimum Gasteiger partial charge on any atom is -0.330 e. The topological polar surface area (TPSA) is 62.3 Å². The summed E-state index contributed by atoms with van der Waals surface area (Å²) in [4.78, 5) is 32.0. The van der Waals surface area contributed by atoms with Crippen LogP contribution < -0.4 is 5.32 Å². The summed E-state index contributed by atoms with van der Waals surface area (Å²) in [7, 11) is 0. The molecule has 3 heterocycles. The number of carbonyl (C=O) groups excluding carboxylic acids is 2. The molecule has 0 saturated carbocycles. The van der Waals surface area contributed by atoms with Crippen molar-refractivity contribution in [3.05, 3.63) is 39.5 Å². The summed E-state index contributed by atoms with van der Waals surface area (Å²) in [6, 6.07) is 4.09. The molecule has 1 aliphatic heterocycles. The van der Waals surface area contributed by atoms with E-state index in [4.69, 9.17) is 0 Å². The van der Waals surface area contributed by atoms with Crippen molar-refractivity contribution in [3.63, 3.8) is 0 Å². The van der Waals surface area contributed by atoms with E-state index in [1.807, 2.05) is 24.4 Å². The van der Waals surface area contributed by atoms with Gasteiger partial charge in [-0.2, -0.15) is 0 Å². The van der Waals surface area contributed by atoms with Crippen LogP contribution in [0.5, 0.6) is 0 Å². The minimum absolute atomic E-state index is 0.461. The van der Waals surface area contributed by atoms with Crippen LogP contribution in [0.3, 0.4) is 0 Å². The standard InChI is InChI=1S/C15H15N3O2S2/c1-10-9-16-15(22-10)17-13(19)14(20)18-6-4-11(5-7-18)12-3-2-8-21-12/h2-4,8-9H,5-7H2,1H3,(H,16,17,19). The summed E-state index contributed by atoms with van der Waals surface area (Å²) in [5.74, 6) is -1.13.